The van der Waals surface area contributed by atoms with Gasteiger partial charge in [0.1, 0.15) is 5.52 Å². The first kappa shape index (κ1) is 16.1. The summed E-state index contributed by atoms with van der Waals surface area (Å²) < 4.78 is 13.1. The fraction of sp³-hybridized carbons (Fsp3) is 0.474. The number of nitrogens with zero attached hydrogens (tertiary/aromatic N) is 3. The second kappa shape index (κ2) is 7.27. The molecule has 1 fully saturated rings. The molecule has 3 heterocycles. The number of hydrogen-bond donors (Lipinski definition) is 1. The number of aromatic nitrogens is 3. The van der Waals surface area contributed by atoms with E-state index in [-0.39, 0.29) is 0 Å². The maximum atomic E-state index is 5.66. The number of ether oxygens (including phenoxy) is 1. The molecule has 6 heteroatoms. The van der Waals surface area contributed by atoms with Gasteiger partial charge in [0.25, 0.3) is 0 Å². The number of fused-ring (bicyclic) bond motifs is 1. The van der Waals surface area contributed by atoms with Gasteiger partial charge in [0.05, 0.1) is 11.8 Å². The molecule has 0 radical (unpaired) electrons. The summed E-state index contributed by atoms with van der Waals surface area (Å²) in [5, 5.41) is 3.40. The van der Waals surface area contributed by atoms with Crippen molar-refractivity contribution in [2.75, 3.05) is 25.6 Å². The van der Waals surface area contributed by atoms with E-state index in [4.69, 9.17) is 14.1 Å². The van der Waals surface area contributed by atoms with Crippen LogP contribution in [0.3, 0.4) is 0 Å². The van der Waals surface area contributed by atoms with E-state index in [9.17, 15) is 0 Å². The van der Waals surface area contributed by atoms with Gasteiger partial charge in [-0.15, -0.1) is 0 Å². The van der Waals surface area contributed by atoms with Crippen LogP contribution in [0.15, 0.2) is 35.1 Å². The SMILES string of the molecule is COCCCNc1nccc2c1nc(-c1ccco1)n2C1CCCC1. The van der Waals surface area contributed by atoms with Crippen LogP contribution in [-0.4, -0.2) is 34.8 Å². The summed E-state index contributed by atoms with van der Waals surface area (Å²) >= 11 is 0. The van der Waals surface area contributed by atoms with E-state index in [1.54, 1.807) is 13.4 Å². The van der Waals surface area contributed by atoms with E-state index >= 15 is 0 Å². The van der Waals surface area contributed by atoms with Gasteiger partial charge in [-0.25, -0.2) is 9.97 Å². The Bertz CT molecular complexity index is 819. The number of pyridine rings is 1. The fourth-order valence-corrected chi connectivity index (χ4v) is 3.69. The van der Waals surface area contributed by atoms with Crippen molar-refractivity contribution in [3.63, 3.8) is 0 Å². The molecule has 0 saturated heterocycles. The minimum atomic E-state index is 0.480. The Morgan fingerprint density at radius 1 is 1.32 bits per heavy atom. The highest BCUT2D eigenvalue weighted by molar-refractivity contribution is 5.89. The van der Waals surface area contributed by atoms with Gasteiger partial charge >= 0.3 is 0 Å². The van der Waals surface area contributed by atoms with E-state index < -0.39 is 0 Å². The topological polar surface area (TPSA) is 65.1 Å². The van der Waals surface area contributed by atoms with E-state index in [0.29, 0.717) is 6.04 Å². The molecule has 0 unspecified atom stereocenters. The molecule has 4 rings (SSSR count). The zero-order valence-electron chi connectivity index (χ0n) is 14.6. The predicted octanol–water partition coefficient (Wildman–Crippen LogP) is 4.25. The molecule has 0 spiro atoms. The van der Waals surface area contributed by atoms with Crippen LogP contribution in [0, 0.1) is 0 Å². The minimum absolute atomic E-state index is 0.480. The van der Waals surface area contributed by atoms with Gasteiger partial charge in [0, 0.05) is 32.5 Å². The van der Waals surface area contributed by atoms with Crippen molar-refractivity contribution in [2.45, 2.75) is 38.1 Å². The van der Waals surface area contributed by atoms with Crippen LogP contribution in [0.2, 0.25) is 0 Å². The van der Waals surface area contributed by atoms with E-state index in [1.807, 2.05) is 18.3 Å². The number of furan rings is 1. The lowest BCUT2D eigenvalue weighted by Gasteiger charge is -2.15. The zero-order valence-corrected chi connectivity index (χ0v) is 14.6. The summed E-state index contributed by atoms with van der Waals surface area (Å²) in [5.41, 5.74) is 2.04. The average Bonchev–Trinajstić information content (AvgIpc) is 3.38. The second-order valence-corrected chi connectivity index (χ2v) is 6.52. The molecule has 25 heavy (non-hydrogen) atoms. The maximum absolute atomic E-state index is 5.66. The van der Waals surface area contributed by atoms with E-state index in [0.717, 1.165) is 48.0 Å². The van der Waals surface area contributed by atoms with Crippen LogP contribution in [0.4, 0.5) is 5.82 Å². The van der Waals surface area contributed by atoms with Gasteiger partial charge in [-0.2, -0.15) is 0 Å². The van der Waals surface area contributed by atoms with Crippen molar-refractivity contribution < 1.29 is 9.15 Å². The number of anilines is 1. The molecule has 3 aromatic rings. The maximum Gasteiger partial charge on any atom is 0.177 e. The summed E-state index contributed by atoms with van der Waals surface area (Å²) in [4.78, 5) is 9.42. The highest BCUT2D eigenvalue weighted by Crippen LogP contribution is 2.38. The molecule has 132 valence electrons. The molecule has 0 amide bonds. The first-order valence-corrected chi connectivity index (χ1v) is 9.02. The molecule has 3 aromatic heterocycles. The number of imidazole rings is 1. The summed E-state index contributed by atoms with van der Waals surface area (Å²) in [6.45, 7) is 1.55. The summed E-state index contributed by atoms with van der Waals surface area (Å²) in [6, 6.07) is 6.43. The lowest BCUT2D eigenvalue weighted by atomic mass is 10.2. The van der Waals surface area contributed by atoms with E-state index in [2.05, 4.69) is 20.9 Å². The Kier molecular flexibility index (Phi) is 4.70. The standard InChI is InChI=1S/C19H24N4O2/c1-24-12-5-10-20-18-17-15(9-11-21-18)23(14-6-2-3-7-14)19(22-17)16-8-4-13-25-16/h4,8-9,11,13-14H,2-3,5-7,10,12H2,1H3,(H,20,21). The Hall–Kier alpha value is -2.34. The van der Waals surface area contributed by atoms with Crippen molar-refractivity contribution in [1.29, 1.82) is 0 Å². The summed E-state index contributed by atoms with van der Waals surface area (Å²) in [7, 11) is 1.72. The van der Waals surface area contributed by atoms with Crippen LogP contribution >= 0.6 is 0 Å². The summed E-state index contributed by atoms with van der Waals surface area (Å²) in [5.74, 6) is 2.55. The van der Waals surface area contributed by atoms with Crippen LogP contribution in [0.5, 0.6) is 0 Å². The number of nitrogens with one attached hydrogen (secondary N) is 1. The first-order valence-electron chi connectivity index (χ1n) is 9.02. The lowest BCUT2D eigenvalue weighted by Crippen LogP contribution is -2.07. The molecule has 1 aliphatic rings. The largest absolute Gasteiger partial charge is 0.461 e. The fourth-order valence-electron chi connectivity index (χ4n) is 3.69. The van der Waals surface area contributed by atoms with Crippen molar-refractivity contribution in [2.24, 2.45) is 0 Å². The molecule has 1 aliphatic carbocycles. The van der Waals surface area contributed by atoms with Gasteiger partial charge < -0.3 is 19.0 Å². The normalized spacial score (nSPS) is 15.2. The van der Waals surface area contributed by atoms with Crippen LogP contribution in [-0.2, 0) is 4.74 Å². The Morgan fingerprint density at radius 2 is 2.20 bits per heavy atom. The van der Waals surface area contributed by atoms with Gasteiger partial charge in [-0.05, 0) is 37.5 Å². The van der Waals surface area contributed by atoms with Crippen molar-refractivity contribution in [3.8, 4) is 11.6 Å². The quantitative estimate of drug-likeness (QED) is 0.651. The van der Waals surface area contributed by atoms with Crippen molar-refractivity contribution in [1.82, 2.24) is 14.5 Å². The lowest BCUT2D eigenvalue weighted by molar-refractivity contribution is 0.198. The number of rotatable bonds is 7. The van der Waals surface area contributed by atoms with Crippen LogP contribution in [0.25, 0.3) is 22.6 Å². The zero-order chi connectivity index (χ0) is 17.1. The van der Waals surface area contributed by atoms with Gasteiger partial charge in [0.15, 0.2) is 17.4 Å². The van der Waals surface area contributed by atoms with Crippen LogP contribution < -0.4 is 5.32 Å². The third-order valence-corrected chi connectivity index (χ3v) is 4.86. The van der Waals surface area contributed by atoms with Gasteiger partial charge in [0.2, 0.25) is 0 Å². The van der Waals surface area contributed by atoms with E-state index in [1.165, 1.54) is 25.7 Å². The highest BCUT2D eigenvalue weighted by atomic mass is 16.5. The smallest absolute Gasteiger partial charge is 0.177 e. The molecule has 0 atom stereocenters. The average molecular weight is 340 g/mol. The van der Waals surface area contributed by atoms with Crippen LogP contribution in [0.1, 0.15) is 38.1 Å². The Labute approximate surface area is 147 Å². The number of hydrogen-bond acceptors (Lipinski definition) is 5. The minimum Gasteiger partial charge on any atom is -0.461 e. The Balaban J connectivity index is 1.76. The predicted molar refractivity (Wildman–Crippen MR) is 97.7 cm³/mol. The van der Waals surface area contributed by atoms with Gasteiger partial charge in [-0.1, -0.05) is 12.8 Å². The molecule has 1 N–H and O–H groups in total. The van der Waals surface area contributed by atoms with Crippen molar-refractivity contribution in [3.05, 3.63) is 30.7 Å². The molecule has 0 bridgehead atoms. The van der Waals surface area contributed by atoms with Crippen molar-refractivity contribution >= 4 is 16.9 Å². The van der Waals surface area contributed by atoms with Gasteiger partial charge in [-0.3, -0.25) is 0 Å². The highest BCUT2D eigenvalue weighted by Gasteiger charge is 2.25. The second-order valence-electron chi connectivity index (χ2n) is 6.52. The molecule has 6 nitrogen and oxygen atoms in total. The molecule has 1 saturated carbocycles. The first-order chi connectivity index (χ1) is 12.4. The molecule has 0 aromatic carbocycles. The molecular formula is C19H24N4O2. The molecular weight excluding hydrogens is 316 g/mol. The summed E-state index contributed by atoms with van der Waals surface area (Å²) in [6.07, 6.45) is 9.43. The third kappa shape index (κ3) is 3.14. The Morgan fingerprint density at radius 3 is 2.96 bits per heavy atom. The monoisotopic (exact) mass is 340 g/mol. The molecule has 0 aliphatic heterocycles. The third-order valence-electron chi connectivity index (χ3n) is 4.86. The number of methoxy groups -OCH3 is 1.